The van der Waals surface area contributed by atoms with Crippen LogP contribution in [0.5, 0.6) is 5.75 Å². The van der Waals surface area contributed by atoms with Crippen molar-refractivity contribution >= 4 is 22.9 Å². The zero-order valence-electron chi connectivity index (χ0n) is 9.28. The number of benzene rings is 1. The minimum Gasteiger partial charge on any atom is -0.493 e. The third-order valence-electron chi connectivity index (χ3n) is 2.85. The predicted molar refractivity (Wildman–Crippen MR) is 71.2 cm³/mol. The van der Waals surface area contributed by atoms with Crippen molar-refractivity contribution < 1.29 is 4.74 Å². The van der Waals surface area contributed by atoms with E-state index in [4.69, 9.17) is 16.3 Å². The molecule has 0 saturated carbocycles. The van der Waals surface area contributed by atoms with Crippen LogP contribution in [0, 0.1) is 0 Å². The molecule has 0 unspecified atom stereocenters. The smallest absolute Gasteiger partial charge is 0.122 e. The molecule has 0 aliphatic carbocycles. The van der Waals surface area contributed by atoms with Crippen molar-refractivity contribution in [2.24, 2.45) is 0 Å². The second-order valence-electron chi connectivity index (χ2n) is 3.99. The highest BCUT2D eigenvalue weighted by atomic mass is 35.5. The third-order valence-corrected chi connectivity index (χ3v) is 3.94. The highest BCUT2D eigenvalue weighted by Crippen LogP contribution is 2.31. The minimum atomic E-state index is 0.630. The van der Waals surface area contributed by atoms with Gasteiger partial charge in [0.25, 0.3) is 0 Å². The molecule has 3 rings (SSSR count). The summed E-state index contributed by atoms with van der Waals surface area (Å²) in [6, 6.07) is 6.30. The number of ether oxygens (including phenoxy) is 1. The van der Waals surface area contributed by atoms with Gasteiger partial charge in [-0.1, -0.05) is 0 Å². The second-order valence-corrected chi connectivity index (χ2v) is 5.31. The summed E-state index contributed by atoms with van der Waals surface area (Å²) in [5.74, 6) is 1.65. The standard InChI is InChI=1S/C13H12ClNOS/c14-5-3-13-15-11(8-17-13)9-1-2-12-10(7-9)4-6-16-12/h1-2,7-8H,3-6H2. The maximum atomic E-state index is 5.72. The van der Waals surface area contributed by atoms with Crippen LogP contribution in [0.4, 0.5) is 0 Å². The molecule has 2 nitrogen and oxygen atoms in total. The summed E-state index contributed by atoms with van der Waals surface area (Å²) in [6.07, 6.45) is 1.85. The molecule has 0 spiro atoms. The molecule has 1 aromatic carbocycles. The molecule has 0 bridgehead atoms. The largest absolute Gasteiger partial charge is 0.493 e. The molecule has 1 aliphatic rings. The first kappa shape index (κ1) is 11.1. The number of alkyl halides is 1. The molecule has 0 fully saturated rings. The maximum absolute atomic E-state index is 5.72. The van der Waals surface area contributed by atoms with Crippen molar-refractivity contribution in [3.05, 3.63) is 34.2 Å². The van der Waals surface area contributed by atoms with Crippen molar-refractivity contribution in [3.63, 3.8) is 0 Å². The number of aryl methyl sites for hydroxylation is 1. The van der Waals surface area contributed by atoms with Gasteiger partial charge in [-0.05, 0) is 23.8 Å². The molecular weight excluding hydrogens is 254 g/mol. The van der Waals surface area contributed by atoms with Crippen LogP contribution in [-0.2, 0) is 12.8 Å². The number of aromatic nitrogens is 1. The van der Waals surface area contributed by atoms with Crippen LogP contribution in [0.15, 0.2) is 23.6 Å². The van der Waals surface area contributed by atoms with Crippen LogP contribution in [0.2, 0.25) is 0 Å². The Kier molecular flexibility index (Phi) is 3.04. The molecule has 1 aliphatic heterocycles. The molecule has 0 amide bonds. The number of nitrogens with zero attached hydrogens (tertiary/aromatic N) is 1. The van der Waals surface area contributed by atoms with Gasteiger partial charge >= 0.3 is 0 Å². The van der Waals surface area contributed by atoms with Crippen molar-refractivity contribution in [1.82, 2.24) is 4.98 Å². The van der Waals surface area contributed by atoms with Gasteiger partial charge in [0.2, 0.25) is 0 Å². The van der Waals surface area contributed by atoms with Crippen LogP contribution < -0.4 is 4.74 Å². The second kappa shape index (κ2) is 4.67. The molecule has 17 heavy (non-hydrogen) atoms. The summed E-state index contributed by atoms with van der Waals surface area (Å²) >= 11 is 7.39. The lowest BCUT2D eigenvalue weighted by Crippen LogP contribution is -1.85. The fourth-order valence-electron chi connectivity index (χ4n) is 1.99. The first-order valence-corrected chi connectivity index (χ1v) is 7.05. The van der Waals surface area contributed by atoms with Crippen LogP contribution in [-0.4, -0.2) is 17.5 Å². The monoisotopic (exact) mass is 265 g/mol. The summed E-state index contributed by atoms with van der Waals surface area (Å²) in [5.41, 5.74) is 3.51. The Labute approximate surface area is 109 Å². The highest BCUT2D eigenvalue weighted by molar-refractivity contribution is 7.10. The molecule has 88 valence electrons. The number of hydrogen-bond acceptors (Lipinski definition) is 3. The molecule has 0 radical (unpaired) electrons. The Morgan fingerprint density at radius 1 is 1.41 bits per heavy atom. The average molecular weight is 266 g/mol. The van der Waals surface area contributed by atoms with Crippen LogP contribution >= 0.6 is 22.9 Å². The minimum absolute atomic E-state index is 0.630. The van der Waals surface area contributed by atoms with Gasteiger partial charge in [-0.3, -0.25) is 0 Å². The van der Waals surface area contributed by atoms with E-state index in [9.17, 15) is 0 Å². The summed E-state index contributed by atoms with van der Waals surface area (Å²) in [7, 11) is 0. The van der Waals surface area contributed by atoms with E-state index in [-0.39, 0.29) is 0 Å². The van der Waals surface area contributed by atoms with E-state index in [0.717, 1.165) is 35.9 Å². The van der Waals surface area contributed by atoms with Crippen LogP contribution in [0.25, 0.3) is 11.3 Å². The Balaban J connectivity index is 1.92. The lowest BCUT2D eigenvalue weighted by Gasteiger charge is -2.01. The normalized spacial score (nSPS) is 13.5. The fraction of sp³-hybridized carbons (Fsp3) is 0.308. The zero-order chi connectivity index (χ0) is 11.7. The van der Waals surface area contributed by atoms with Crippen molar-refractivity contribution in [1.29, 1.82) is 0 Å². The van der Waals surface area contributed by atoms with Gasteiger partial charge in [-0.15, -0.1) is 22.9 Å². The Morgan fingerprint density at radius 2 is 2.35 bits per heavy atom. The molecule has 4 heteroatoms. The maximum Gasteiger partial charge on any atom is 0.122 e. The number of rotatable bonds is 3. The Hall–Kier alpha value is -1.06. The number of hydrogen-bond donors (Lipinski definition) is 0. The van der Waals surface area contributed by atoms with Gasteiger partial charge in [0, 0.05) is 29.7 Å². The summed E-state index contributed by atoms with van der Waals surface area (Å²) in [6.45, 7) is 0.799. The van der Waals surface area contributed by atoms with E-state index >= 15 is 0 Å². The van der Waals surface area contributed by atoms with Gasteiger partial charge in [0.05, 0.1) is 17.3 Å². The lowest BCUT2D eigenvalue weighted by atomic mass is 10.1. The quantitative estimate of drug-likeness (QED) is 0.792. The first-order chi connectivity index (χ1) is 8.36. The molecule has 2 aromatic rings. The van der Waals surface area contributed by atoms with Crippen molar-refractivity contribution in [3.8, 4) is 17.0 Å². The van der Waals surface area contributed by atoms with E-state index in [1.807, 2.05) is 6.07 Å². The molecule has 0 atom stereocenters. The summed E-state index contributed by atoms with van der Waals surface area (Å²) in [4.78, 5) is 4.59. The molecule has 0 saturated heterocycles. The Bertz CT molecular complexity index is 538. The fourth-order valence-corrected chi connectivity index (χ4v) is 3.08. The SMILES string of the molecule is ClCCc1nc(-c2ccc3c(c2)CCO3)cs1. The van der Waals surface area contributed by atoms with E-state index in [1.165, 1.54) is 11.1 Å². The van der Waals surface area contributed by atoms with Gasteiger partial charge in [0.15, 0.2) is 0 Å². The van der Waals surface area contributed by atoms with Gasteiger partial charge in [-0.2, -0.15) is 0 Å². The van der Waals surface area contributed by atoms with Crippen LogP contribution in [0.3, 0.4) is 0 Å². The van der Waals surface area contributed by atoms with Crippen LogP contribution in [0.1, 0.15) is 10.6 Å². The van der Waals surface area contributed by atoms with Crippen molar-refractivity contribution in [2.45, 2.75) is 12.8 Å². The topological polar surface area (TPSA) is 22.1 Å². The molecule has 2 heterocycles. The summed E-state index contributed by atoms with van der Waals surface area (Å²) < 4.78 is 5.50. The molecule has 1 aromatic heterocycles. The molecular formula is C13H12ClNOS. The van der Waals surface area contributed by atoms with Crippen molar-refractivity contribution in [2.75, 3.05) is 12.5 Å². The third kappa shape index (κ3) is 2.17. The number of thiazole rings is 1. The van der Waals surface area contributed by atoms with E-state index < -0.39 is 0 Å². The van der Waals surface area contributed by atoms with E-state index in [2.05, 4.69) is 22.5 Å². The van der Waals surface area contributed by atoms with E-state index in [0.29, 0.717) is 5.88 Å². The van der Waals surface area contributed by atoms with E-state index in [1.54, 1.807) is 11.3 Å². The predicted octanol–water partition coefficient (Wildman–Crippen LogP) is 3.53. The van der Waals surface area contributed by atoms with Gasteiger partial charge in [-0.25, -0.2) is 4.98 Å². The summed E-state index contributed by atoms with van der Waals surface area (Å²) in [5, 5.41) is 3.20. The van der Waals surface area contributed by atoms with Gasteiger partial charge < -0.3 is 4.74 Å². The lowest BCUT2D eigenvalue weighted by molar-refractivity contribution is 0.357. The zero-order valence-corrected chi connectivity index (χ0v) is 10.9. The Morgan fingerprint density at radius 3 is 3.24 bits per heavy atom. The van der Waals surface area contributed by atoms with Gasteiger partial charge in [0.1, 0.15) is 5.75 Å². The highest BCUT2D eigenvalue weighted by Gasteiger charge is 2.13. The number of halogens is 1. The first-order valence-electron chi connectivity index (χ1n) is 5.63. The molecule has 0 N–H and O–H groups in total. The average Bonchev–Trinajstić information content (AvgIpc) is 2.96. The number of fused-ring (bicyclic) bond motifs is 1.